The van der Waals surface area contributed by atoms with E-state index in [9.17, 15) is 32.3 Å². The Morgan fingerprint density at radius 3 is 2.21 bits per heavy atom. The van der Waals surface area contributed by atoms with Crippen molar-refractivity contribution in [2.75, 3.05) is 7.11 Å². The minimum atomic E-state index is -4.97. The molecular weight excluding hydrogens is 510 g/mol. The second kappa shape index (κ2) is 10.1. The van der Waals surface area contributed by atoms with Gasteiger partial charge in [-0.3, -0.25) is 4.79 Å². The number of fused-ring (bicyclic) bond motifs is 1. The number of carboxylic acid groups (broad SMARTS) is 1. The molecule has 4 rings (SSSR count). The topological polar surface area (TPSA) is 89.8 Å². The number of halogens is 4. The van der Waals surface area contributed by atoms with E-state index >= 15 is 0 Å². The first-order valence-corrected chi connectivity index (χ1v) is 11.2. The number of carbonyl (C=O) groups excluding carboxylic acids is 2. The molecule has 0 bridgehead atoms. The molecule has 7 nitrogen and oxygen atoms in total. The van der Waals surface area contributed by atoms with Crippen molar-refractivity contribution in [1.29, 1.82) is 0 Å². The lowest BCUT2D eigenvalue weighted by molar-refractivity contribution is -0.312. The third-order valence-corrected chi connectivity index (χ3v) is 5.75. The smallest absolute Gasteiger partial charge is 0.546 e. The summed E-state index contributed by atoms with van der Waals surface area (Å²) in [6.07, 6.45) is -6.38. The van der Waals surface area contributed by atoms with Crippen molar-refractivity contribution in [2.24, 2.45) is 0 Å². The van der Waals surface area contributed by atoms with E-state index in [4.69, 9.17) is 9.47 Å². The SMILES string of the molecule is COc1ccc(C(=O)c2c(C)n(-c3cc(F)cc(O[C@@H](C)C(=O)[O-])c3)c3cc(OC(F)(F)F)ccc23)cc1. The lowest BCUT2D eigenvalue weighted by Crippen LogP contribution is -2.37. The number of ketones is 1. The Morgan fingerprint density at radius 2 is 1.61 bits per heavy atom. The number of ether oxygens (including phenoxy) is 3. The van der Waals surface area contributed by atoms with Crippen molar-refractivity contribution in [2.45, 2.75) is 26.3 Å². The Kier molecular flexibility index (Phi) is 7.03. The van der Waals surface area contributed by atoms with Crippen LogP contribution < -0.4 is 19.3 Å². The molecule has 0 unspecified atom stereocenters. The Bertz CT molecular complexity index is 1530. The van der Waals surface area contributed by atoms with Crippen molar-refractivity contribution in [3.05, 3.63) is 83.3 Å². The highest BCUT2D eigenvalue weighted by Crippen LogP contribution is 2.36. The number of aliphatic carboxylic acids is 1. The van der Waals surface area contributed by atoms with Crippen molar-refractivity contribution < 1.29 is 46.5 Å². The second-order valence-corrected chi connectivity index (χ2v) is 8.30. The zero-order valence-electron chi connectivity index (χ0n) is 20.3. The van der Waals surface area contributed by atoms with Gasteiger partial charge in [0.2, 0.25) is 0 Å². The van der Waals surface area contributed by atoms with Crippen LogP contribution >= 0.6 is 0 Å². The number of hydrogen-bond donors (Lipinski definition) is 0. The molecule has 198 valence electrons. The average Bonchev–Trinajstić information content (AvgIpc) is 3.13. The van der Waals surface area contributed by atoms with E-state index in [2.05, 4.69) is 4.74 Å². The van der Waals surface area contributed by atoms with Crippen molar-refractivity contribution >= 4 is 22.7 Å². The van der Waals surface area contributed by atoms with E-state index in [1.807, 2.05) is 0 Å². The van der Waals surface area contributed by atoms with E-state index in [1.165, 1.54) is 30.7 Å². The molecule has 1 atom stereocenters. The van der Waals surface area contributed by atoms with Crippen molar-refractivity contribution in [1.82, 2.24) is 4.57 Å². The fraction of sp³-hybridized carbons (Fsp3) is 0.185. The number of alkyl halides is 3. The number of carboxylic acids is 1. The predicted molar refractivity (Wildman–Crippen MR) is 126 cm³/mol. The van der Waals surface area contributed by atoms with Crippen molar-refractivity contribution in [3.63, 3.8) is 0 Å². The summed E-state index contributed by atoms with van der Waals surface area (Å²) in [5.41, 5.74) is 0.930. The highest BCUT2D eigenvalue weighted by molar-refractivity contribution is 6.18. The second-order valence-electron chi connectivity index (χ2n) is 8.30. The molecule has 1 aromatic heterocycles. The number of methoxy groups -OCH3 is 1. The van der Waals surface area contributed by atoms with Gasteiger partial charge >= 0.3 is 6.36 Å². The zero-order valence-corrected chi connectivity index (χ0v) is 20.3. The summed E-state index contributed by atoms with van der Waals surface area (Å²) >= 11 is 0. The van der Waals surface area contributed by atoms with E-state index in [1.54, 1.807) is 31.2 Å². The Morgan fingerprint density at radius 1 is 0.947 bits per heavy atom. The predicted octanol–water partition coefficient (Wildman–Crippen LogP) is 4.73. The Labute approximate surface area is 213 Å². The Hall–Kier alpha value is -4.54. The summed E-state index contributed by atoms with van der Waals surface area (Å²) in [7, 11) is 1.47. The van der Waals surface area contributed by atoms with Crippen LogP contribution in [-0.2, 0) is 4.79 Å². The normalized spacial score (nSPS) is 12.3. The standard InChI is InChI=1S/C27H21F4NO6/c1-14-24(25(33)16-4-6-19(36-3)7-5-16)22-9-8-20(38-27(29,30)31)13-23(22)32(14)18-10-17(28)11-21(12-18)37-15(2)26(34)35/h4-13,15H,1-3H3,(H,34,35)/p-1/t15-/m0/s1. The van der Waals surface area contributed by atoms with Crippen LogP contribution in [0.4, 0.5) is 17.6 Å². The Balaban J connectivity index is 1.94. The quantitative estimate of drug-likeness (QED) is 0.242. The van der Waals surface area contributed by atoms with Gasteiger partial charge < -0.3 is 28.7 Å². The molecule has 0 saturated heterocycles. The van der Waals surface area contributed by atoms with Crippen LogP contribution in [0, 0.1) is 12.7 Å². The maximum absolute atomic E-state index is 14.6. The van der Waals surface area contributed by atoms with Gasteiger partial charge in [-0.1, -0.05) is 0 Å². The van der Waals surface area contributed by atoms with Gasteiger partial charge in [0, 0.05) is 34.8 Å². The van der Waals surface area contributed by atoms with E-state index in [0.717, 1.165) is 24.3 Å². The third kappa shape index (κ3) is 5.41. The van der Waals surface area contributed by atoms with E-state index < -0.39 is 35.8 Å². The number of aromatic nitrogens is 1. The molecule has 0 N–H and O–H groups in total. The van der Waals surface area contributed by atoms with Crippen LogP contribution in [0.2, 0.25) is 0 Å². The molecule has 1 heterocycles. The lowest BCUT2D eigenvalue weighted by Gasteiger charge is -2.17. The molecular formula is C27H20F4NO6-. The fourth-order valence-corrected chi connectivity index (χ4v) is 4.10. The monoisotopic (exact) mass is 530 g/mol. The molecule has 3 aromatic carbocycles. The first kappa shape index (κ1) is 26.5. The lowest BCUT2D eigenvalue weighted by atomic mass is 10.0. The average molecular weight is 530 g/mol. The summed E-state index contributed by atoms with van der Waals surface area (Å²) in [4.78, 5) is 24.6. The van der Waals surface area contributed by atoms with Crippen LogP contribution in [0.3, 0.4) is 0 Å². The molecule has 0 aliphatic rings. The molecule has 38 heavy (non-hydrogen) atoms. The molecule has 11 heteroatoms. The number of benzene rings is 3. The molecule has 0 amide bonds. The van der Waals surface area contributed by atoms with Gasteiger partial charge in [-0.25, -0.2) is 4.39 Å². The number of carbonyl (C=O) groups is 2. The largest absolute Gasteiger partial charge is 0.573 e. The van der Waals surface area contributed by atoms with Gasteiger partial charge in [-0.2, -0.15) is 0 Å². The molecule has 0 aliphatic carbocycles. The van der Waals surface area contributed by atoms with Crippen LogP contribution in [0.5, 0.6) is 17.2 Å². The van der Waals surface area contributed by atoms with Crippen LogP contribution in [-0.4, -0.2) is 35.9 Å². The van der Waals surface area contributed by atoms with E-state index in [0.29, 0.717) is 5.75 Å². The highest BCUT2D eigenvalue weighted by atomic mass is 19.4. The van der Waals surface area contributed by atoms with Crippen LogP contribution in [0.1, 0.15) is 28.5 Å². The van der Waals surface area contributed by atoms with Gasteiger partial charge in [0.05, 0.1) is 29.8 Å². The maximum Gasteiger partial charge on any atom is 0.573 e. The van der Waals surface area contributed by atoms with Crippen LogP contribution in [0.15, 0.2) is 60.7 Å². The summed E-state index contributed by atoms with van der Waals surface area (Å²) in [5.74, 6) is -2.96. The summed E-state index contributed by atoms with van der Waals surface area (Å²) in [6, 6.07) is 13.0. The minimum absolute atomic E-state index is 0.0750. The fourth-order valence-electron chi connectivity index (χ4n) is 4.10. The van der Waals surface area contributed by atoms with Gasteiger partial charge in [-0.15, -0.1) is 13.2 Å². The van der Waals surface area contributed by atoms with Gasteiger partial charge in [0.1, 0.15) is 29.2 Å². The molecule has 0 aliphatic heterocycles. The van der Waals surface area contributed by atoms with Gasteiger partial charge in [-0.05, 0) is 56.3 Å². The zero-order chi connectivity index (χ0) is 27.8. The first-order valence-electron chi connectivity index (χ1n) is 11.2. The first-order chi connectivity index (χ1) is 17.9. The molecule has 0 saturated carbocycles. The van der Waals surface area contributed by atoms with Gasteiger partial charge in [0.15, 0.2) is 5.78 Å². The number of nitrogens with zero attached hydrogens (tertiary/aromatic N) is 1. The van der Waals surface area contributed by atoms with Gasteiger partial charge in [0.25, 0.3) is 0 Å². The molecule has 0 radical (unpaired) electrons. The summed E-state index contributed by atoms with van der Waals surface area (Å²) in [5, 5.41) is 11.4. The highest BCUT2D eigenvalue weighted by Gasteiger charge is 2.32. The molecule has 0 fully saturated rings. The number of hydrogen-bond acceptors (Lipinski definition) is 6. The van der Waals surface area contributed by atoms with Crippen molar-refractivity contribution in [3.8, 4) is 22.9 Å². The third-order valence-electron chi connectivity index (χ3n) is 5.75. The minimum Gasteiger partial charge on any atom is -0.546 e. The summed E-state index contributed by atoms with van der Waals surface area (Å²) < 4.78 is 69.2. The van der Waals surface area contributed by atoms with Crippen LogP contribution in [0.25, 0.3) is 16.6 Å². The maximum atomic E-state index is 14.6. The number of rotatable bonds is 8. The molecule has 4 aromatic rings. The van der Waals surface area contributed by atoms with E-state index in [-0.39, 0.29) is 39.2 Å². The summed E-state index contributed by atoms with van der Waals surface area (Å²) in [6.45, 7) is 2.75. The molecule has 0 spiro atoms.